The Morgan fingerprint density at radius 1 is 1.47 bits per heavy atom. The number of ether oxygens (including phenoxy) is 1. The van der Waals surface area contributed by atoms with Crippen LogP contribution in [-0.4, -0.2) is 29.1 Å². The van der Waals surface area contributed by atoms with Gasteiger partial charge in [0.1, 0.15) is 5.82 Å². The molecule has 0 spiro atoms. The topological polar surface area (TPSA) is 64.1 Å². The first-order valence-corrected chi connectivity index (χ1v) is 5.96. The number of methoxy groups -OCH3 is 1. The number of halogens is 1. The van der Waals surface area contributed by atoms with Crippen LogP contribution in [0.1, 0.15) is 36.2 Å². The lowest BCUT2D eigenvalue weighted by Gasteiger charge is -2.12. The highest BCUT2D eigenvalue weighted by Gasteiger charge is 2.17. The van der Waals surface area contributed by atoms with Crippen molar-refractivity contribution in [1.82, 2.24) is 9.97 Å². The predicted molar refractivity (Wildman–Crippen MR) is 64.3 cm³/mol. The standard InChI is InChI=1S/C11H14ClN3O2/c1-17-10(16)8-6-9(15-11(12)14-8)13-7-4-2-3-5-7/h6-7H,2-5H2,1H3,(H,13,14,15). The van der Waals surface area contributed by atoms with Crippen LogP contribution in [0.3, 0.4) is 0 Å². The zero-order valence-corrected chi connectivity index (χ0v) is 10.3. The molecule has 0 radical (unpaired) electrons. The predicted octanol–water partition coefficient (Wildman–Crippen LogP) is 2.27. The lowest BCUT2D eigenvalue weighted by Crippen LogP contribution is -2.17. The molecule has 1 aliphatic carbocycles. The fraction of sp³-hybridized carbons (Fsp3) is 0.545. The van der Waals surface area contributed by atoms with E-state index in [9.17, 15) is 4.79 Å². The first kappa shape index (κ1) is 12.1. The van der Waals surface area contributed by atoms with E-state index in [1.807, 2.05) is 0 Å². The van der Waals surface area contributed by atoms with Gasteiger partial charge in [-0.25, -0.2) is 14.8 Å². The Hall–Kier alpha value is -1.36. The van der Waals surface area contributed by atoms with E-state index >= 15 is 0 Å². The Morgan fingerprint density at radius 3 is 2.82 bits per heavy atom. The van der Waals surface area contributed by atoms with Crippen molar-refractivity contribution in [1.29, 1.82) is 0 Å². The number of rotatable bonds is 3. The maximum absolute atomic E-state index is 11.4. The third-order valence-electron chi connectivity index (χ3n) is 2.80. The molecule has 1 aliphatic rings. The maximum atomic E-state index is 11.4. The van der Waals surface area contributed by atoms with Gasteiger partial charge in [-0.15, -0.1) is 0 Å². The summed E-state index contributed by atoms with van der Waals surface area (Å²) >= 11 is 5.77. The van der Waals surface area contributed by atoms with E-state index in [1.165, 1.54) is 20.0 Å². The molecule has 0 atom stereocenters. The molecule has 2 rings (SSSR count). The molecule has 92 valence electrons. The number of aromatic nitrogens is 2. The fourth-order valence-corrected chi connectivity index (χ4v) is 2.16. The lowest BCUT2D eigenvalue weighted by atomic mass is 10.2. The van der Waals surface area contributed by atoms with Gasteiger partial charge in [-0.2, -0.15) is 0 Å². The summed E-state index contributed by atoms with van der Waals surface area (Å²) in [6, 6.07) is 1.97. The Labute approximate surface area is 105 Å². The lowest BCUT2D eigenvalue weighted by molar-refractivity contribution is 0.0594. The van der Waals surface area contributed by atoms with Crippen molar-refractivity contribution in [3.05, 3.63) is 17.0 Å². The molecule has 1 saturated carbocycles. The third kappa shape index (κ3) is 3.06. The molecule has 6 heteroatoms. The molecular formula is C11H14ClN3O2. The van der Waals surface area contributed by atoms with E-state index in [2.05, 4.69) is 20.0 Å². The van der Waals surface area contributed by atoms with Crippen molar-refractivity contribution in [3.63, 3.8) is 0 Å². The largest absolute Gasteiger partial charge is 0.464 e. The molecule has 5 nitrogen and oxygen atoms in total. The normalized spacial score (nSPS) is 15.9. The van der Waals surface area contributed by atoms with E-state index in [4.69, 9.17) is 11.6 Å². The second-order valence-electron chi connectivity index (χ2n) is 4.02. The molecule has 0 unspecified atom stereocenters. The number of carbonyl (C=O) groups is 1. The van der Waals surface area contributed by atoms with Crippen molar-refractivity contribution < 1.29 is 9.53 Å². The molecule has 0 saturated heterocycles. The second-order valence-corrected chi connectivity index (χ2v) is 4.36. The number of hydrogen-bond acceptors (Lipinski definition) is 5. The zero-order valence-electron chi connectivity index (χ0n) is 9.57. The smallest absolute Gasteiger partial charge is 0.356 e. The highest BCUT2D eigenvalue weighted by molar-refractivity contribution is 6.28. The summed E-state index contributed by atoms with van der Waals surface area (Å²) in [6.45, 7) is 0. The minimum Gasteiger partial charge on any atom is -0.464 e. The number of esters is 1. The summed E-state index contributed by atoms with van der Waals surface area (Å²) in [5, 5.41) is 3.31. The minimum atomic E-state index is -0.510. The van der Waals surface area contributed by atoms with E-state index in [1.54, 1.807) is 6.07 Å². The van der Waals surface area contributed by atoms with E-state index in [0.29, 0.717) is 11.9 Å². The van der Waals surface area contributed by atoms with Gasteiger partial charge < -0.3 is 10.1 Å². The number of carbonyl (C=O) groups excluding carboxylic acids is 1. The Morgan fingerprint density at radius 2 is 2.18 bits per heavy atom. The highest BCUT2D eigenvalue weighted by Crippen LogP contribution is 2.22. The van der Waals surface area contributed by atoms with Crippen molar-refractivity contribution in [2.75, 3.05) is 12.4 Å². The van der Waals surface area contributed by atoms with Crippen molar-refractivity contribution >= 4 is 23.4 Å². The third-order valence-corrected chi connectivity index (χ3v) is 2.97. The van der Waals surface area contributed by atoms with Crippen LogP contribution in [0.2, 0.25) is 5.28 Å². The molecule has 1 fully saturated rings. The number of hydrogen-bond donors (Lipinski definition) is 1. The zero-order chi connectivity index (χ0) is 12.3. The van der Waals surface area contributed by atoms with Gasteiger partial charge in [0.25, 0.3) is 0 Å². The summed E-state index contributed by atoms with van der Waals surface area (Å²) in [5.41, 5.74) is 0.174. The minimum absolute atomic E-state index is 0.0494. The Bertz CT molecular complexity index is 419. The number of nitrogens with one attached hydrogen (secondary N) is 1. The van der Waals surface area contributed by atoms with Crippen LogP contribution < -0.4 is 5.32 Å². The molecule has 17 heavy (non-hydrogen) atoms. The average molecular weight is 256 g/mol. The monoisotopic (exact) mass is 255 g/mol. The summed E-state index contributed by atoms with van der Waals surface area (Å²) in [4.78, 5) is 19.2. The van der Waals surface area contributed by atoms with Crippen LogP contribution in [0.4, 0.5) is 5.82 Å². The first-order valence-electron chi connectivity index (χ1n) is 5.58. The Kier molecular flexibility index (Phi) is 3.78. The van der Waals surface area contributed by atoms with Crippen LogP contribution in [0.5, 0.6) is 0 Å². The van der Waals surface area contributed by atoms with Crippen LogP contribution >= 0.6 is 11.6 Å². The van der Waals surface area contributed by atoms with E-state index < -0.39 is 5.97 Å². The van der Waals surface area contributed by atoms with Crippen LogP contribution in [0, 0.1) is 0 Å². The molecule has 0 amide bonds. The molecule has 1 heterocycles. The van der Waals surface area contributed by atoms with Gasteiger partial charge in [0, 0.05) is 12.1 Å². The number of nitrogens with zero attached hydrogens (tertiary/aromatic N) is 2. The quantitative estimate of drug-likeness (QED) is 0.663. The van der Waals surface area contributed by atoms with Crippen molar-refractivity contribution in [3.8, 4) is 0 Å². The van der Waals surface area contributed by atoms with E-state index in [-0.39, 0.29) is 11.0 Å². The van der Waals surface area contributed by atoms with Gasteiger partial charge in [0.15, 0.2) is 5.69 Å². The van der Waals surface area contributed by atoms with Gasteiger partial charge in [-0.3, -0.25) is 0 Å². The van der Waals surface area contributed by atoms with E-state index in [0.717, 1.165) is 12.8 Å². The highest BCUT2D eigenvalue weighted by atomic mass is 35.5. The SMILES string of the molecule is COC(=O)c1cc(NC2CCCC2)nc(Cl)n1. The molecule has 1 aromatic heterocycles. The summed E-state index contributed by atoms with van der Waals surface area (Å²) in [6.07, 6.45) is 4.69. The molecule has 1 aromatic rings. The van der Waals surface area contributed by atoms with Crippen molar-refractivity contribution in [2.24, 2.45) is 0 Å². The summed E-state index contributed by atoms with van der Waals surface area (Å²) < 4.78 is 4.60. The first-order chi connectivity index (χ1) is 8.19. The molecule has 0 bridgehead atoms. The summed E-state index contributed by atoms with van der Waals surface area (Å²) in [5.74, 6) is 0.0704. The average Bonchev–Trinajstić information content (AvgIpc) is 2.80. The van der Waals surface area contributed by atoms with Gasteiger partial charge in [-0.05, 0) is 24.4 Å². The molecule has 0 aromatic carbocycles. The van der Waals surface area contributed by atoms with Crippen LogP contribution in [0.15, 0.2) is 6.07 Å². The van der Waals surface area contributed by atoms with Gasteiger partial charge >= 0.3 is 5.97 Å². The van der Waals surface area contributed by atoms with Gasteiger partial charge in [0.05, 0.1) is 7.11 Å². The van der Waals surface area contributed by atoms with Gasteiger partial charge in [0.2, 0.25) is 5.28 Å². The maximum Gasteiger partial charge on any atom is 0.356 e. The molecule has 0 aliphatic heterocycles. The molecule has 1 N–H and O–H groups in total. The summed E-state index contributed by atoms with van der Waals surface area (Å²) in [7, 11) is 1.31. The molecular weight excluding hydrogens is 242 g/mol. The van der Waals surface area contributed by atoms with Crippen LogP contribution in [0.25, 0.3) is 0 Å². The second kappa shape index (κ2) is 5.31. The fourth-order valence-electron chi connectivity index (χ4n) is 1.98. The Balaban J connectivity index is 2.15. The van der Waals surface area contributed by atoms with Crippen LogP contribution in [-0.2, 0) is 4.74 Å². The van der Waals surface area contributed by atoms with Crippen molar-refractivity contribution in [2.45, 2.75) is 31.7 Å². The number of anilines is 1. The van der Waals surface area contributed by atoms with Gasteiger partial charge in [-0.1, -0.05) is 12.8 Å².